The molecule has 55 heavy (non-hydrogen) atoms. The lowest BCUT2D eigenvalue weighted by molar-refractivity contribution is 1.17. The molecule has 0 aliphatic rings. The first-order valence-corrected chi connectivity index (χ1v) is 19.4. The molecule has 0 saturated carbocycles. The van der Waals surface area contributed by atoms with E-state index in [4.69, 9.17) is 0 Å². The second-order valence-corrected chi connectivity index (χ2v) is 15.2. The fourth-order valence-corrected chi connectivity index (χ4v) is 8.75. The summed E-state index contributed by atoms with van der Waals surface area (Å²) < 4.78 is 2.48. The number of hydrogen-bond acceptors (Lipinski definition) is 0. The third-order valence-corrected chi connectivity index (χ3v) is 11.8. The van der Waals surface area contributed by atoms with Gasteiger partial charge >= 0.3 is 0 Å². The molecular weight excluding hydrogens is 663 g/mol. The third kappa shape index (κ3) is 5.88. The largest absolute Gasteiger partial charge is 0.309 e. The van der Waals surface area contributed by atoms with Crippen molar-refractivity contribution < 1.29 is 0 Å². The van der Waals surface area contributed by atoms with Crippen LogP contribution in [0.25, 0.3) is 83.1 Å². The maximum absolute atomic E-state index is 2.48. The van der Waals surface area contributed by atoms with Gasteiger partial charge in [0.2, 0.25) is 0 Å². The van der Waals surface area contributed by atoms with E-state index in [9.17, 15) is 0 Å². The van der Waals surface area contributed by atoms with Gasteiger partial charge in [-0.25, -0.2) is 0 Å². The van der Waals surface area contributed by atoms with Crippen LogP contribution < -0.4 is 0 Å². The first kappa shape index (κ1) is 34.3. The van der Waals surface area contributed by atoms with Crippen molar-refractivity contribution in [2.24, 2.45) is 0 Å². The van der Waals surface area contributed by atoms with Crippen LogP contribution in [-0.2, 0) is 0 Å². The molecule has 0 aliphatic carbocycles. The normalized spacial score (nSPS) is 11.5. The molecule has 0 unspecified atom stereocenters. The smallest absolute Gasteiger partial charge is 0.0541 e. The van der Waals surface area contributed by atoms with Crippen molar-refractivity contribution >= 4 is 21.8 Å². The number of benzene rings is 8. The van der Waals surface area contributed by atoms with E-state index in [2.05, 4.69) is 210 Å². The highest BCUT2D eigenvalue weighted by Crippen LogP contribution is 2.43. The molecular formula is C54H45N. The first-order chi connectivity index (χ1) is 26.8. The van der Waals surface area contributed by atoms with Crippen LogP contribution in [0.15, 0.2) is 164 Å². The molecule has 266 valence electrons. The van der Waals surface area contributed by atoms with Gasteiger partial charge in [0.1, 0.15) is 0 Å². The minimum Gasteiger partial charge on any atom is -0.309 e. The highest BCUT2D eigenvalue weighted by molar-refractivity contribution is 6.10. The van der Waals surface area contributed by atoms with Gasteiger partial charge in [-0.05, 0) is 167 Å². The molecule has 1 heteroatoms. The number of fused-ring (bicyclic) bond motifs is 3. The van der Waals surface area contributed by atoms with E-state index in [1.807, 2.05) is 0 Å². The molecule has 0 spiro atoms. The van der Waals surface area contributed by atoms with Crippen molar-refractivity contribution in [3.63, 3.8) is 0 Å². The molecule has 0 amide bonds. The monoisotopic (exact) mass is 707 g/mol. The van der Waals surface area contributed by atoms with Crippen LogP contribution in [0.5, 0.6) is 0 Å². The minimum absolute atomic E-state index is 1.16. The van der Waals surface area contributed by atoms with Gasteiger partial charge in [-0.2, -0.15) is 0 Å². The number of rotatable bonds is 6. The van der Waals surface area contributed by atoms with Crippen molar-refractivity contribution in [2.45, 2.75) is 41.5 Å². The minimum atomic E-state index is 1.16. The topological polar surface area (TPSA) is 4.93 Å². The van der Waals surface area contributed by atoms with Crippen LogP contribution in [0.4, 0.5) is 0 Å². The summed E-state index contributed by atoms with van der Waals surface area (Å²) in [6.07, 6.45) is 0. The van der Waals surface area contributed by atoms with Gasteiger partial charge in [-0.3, -0.25) is 0 Å². The molecule has 8 aromatic carbocycles. The highest BCUT2D eigenvalue weighted by Gasteiger charge is 2.20. The van der Waals surface area contributed by atoms with Crippen LogP contribution in [0.1, 0.15) is 33.4 Å². The Bertz CT molecular complexity index is 2940. The van der Waals surface area contributed by atoms with Gasteiger partial charge in [-0.15, -0.1) is 0 Å². The zero-order valence-electron chi connectivity index (χ0n) is 32.5. The summed E-state index contributed by atoms with van der Waals surface area (Å²) in [5.74, 6) is 0. The predicted molar refractivity (Wildman–Crippen MR) is 236 cm³/mol. The average Bonchev–Trinajstić information content (AvgIpc) is 3.53. The fraction of sp³-hybridized carbons (Fsp3) is 0.111. The molecule has 0 aliphatic heterocycles. The summed E-state index contributed by atoms with van der Waals surface area (Å²) in [7, 11) is 0. The number of hydrogen-bond donors (Lipinski definition) is 0. The van der Waals surface area contributed by atoms with Crippen molar-refractivity contribution in [2.75, 3.05) is 0 Å². The van der Waals surface area contributed by atoms with Gasteiger partial charge < -0.3 is 4.57 Å². The first-order valence-electron chi connectivity index (χ1n) is 19.4. The molecule has 1 heterocycles. The van der Waals surface area contributed by atoms with Gasteiger partial charge in [0.15, 0.2) is 0 Å². The number of aryl methyl sites for hydroxylation is 4. The predicted octanol–water partition coefficient (Wildman–Crippen LogP) is 15.0. The molecule has 0 bridgehead atoms. The number of aromatic nitrogens is 1. The Morgan fingerprint density at radius 2 is 0.727 bits per heavy atom. The van der Waals surface area contributed by atoms with Crippen molar-refractivity contribution in [3.05, 3.63) is 197 Å². The van der Waals surface area contributed by atoms with Crippen LogP contribution in [-0.4, -0.2) is 4.57 Å². The van der Waals surface area contributed by atoms with Gasteiger partial charge in [0, 0.05) is 16.5 Å². The van der Waals surface area contributed by atoms with E-state index < -0.39 is 0 Å². The van der Waals surface area contributed by atoms with Crippen LogP contribution in [0.3, 0.4) is 0 Å². The molecule has 1 nitrogen and oxygen atoms in total. The Kier molecular flexibility index (Phi) is 8.59. The Balaban J connectivity index is 1.28. The lowest BCUT2D eigenvalue weighted by Gasteiger charge is -2.21. The van der Waals surface area contributed by atoms with Crippen LogP contribution >= 0.6 is 0 Å². The van der Waals surface area contributed by atoms with E-state index in [1.165, 1.54) is 111 Å². The Hall–Kier alpha value is -6.44. The second-order valence-electron chi connectivity index (χ2n) is 15.2. The Morgan fingerprint density at radius 3 is 1.38 bits per heavy atom. The van der Waals surface area contributed by atoms with E-state index in [1.54, 1.807) is 0 Å². The van der Waals surface area contributed by atoms with E-state index in [-0.39, 0.29) is 0 Å². The standard InChI is InChI=1S/C54H45N/c1-34-16-7-10-19-43(34)46-23-15-24-47(38(46)5)51-33-42(32-50(39(51)6)45-21-12-9-18-36(45)3)55-53-25-14-13-22-48(53)52-31-41(28-29-54(52)55)40-27-26-37(4)49(30-40)44-20-11-8-17-35(44)2/h7-33H,1-6H3. The zero-order chi connectivity index (χ0) is 37.8. The third-order valence-electron chi connectivity index (χ3n) is 11.8. The number of nitrogens with zero attached hydrogens (tertiary/aromatic N) is 1. The summed E-state index contributed by atoms with van der Waals surface area (Å²) in [6, 6.07) is 60.7. The molecule has 1 aromatic heterocycles. The molecule has 0 saturated heterocycles. The van der Waals surface area contributed by atoms with E-state index in [0.717, 1.165) is 5.69 Å². The van der Waals surface area contributed by atoms with Gasteiger partial charge in [-0.1, -0.05) is 127 Å². The van der Waals surface area contributed by atoms with Gasteiger partial charge in [0.25, 0.3) is 0 Å². The summed E-state index contributed by atoms with van der Waals surface area (Å²) in [6.45, 7) is 13.4. The van der Waals surface area contributed by atoms with E-state index in [0.29, 0.717) is 0 Å². The quantitative estimate of drug-likeness (QED) is 0.162. The molecule has 0 radical (unpaired) electrons. The number of para-hydroxylation sites is 1. The molecule has 9 rings (SSSR count). The van der Waals surface area contributed by atoms with E-state index >= 15 is 0 Å². The maximum Gasteiger partial charge on any atom is 0.0541 e. The van der Waals surface area contributed by atoms with Crippen LogP contribution in [0, 0.1) is 41.5 Å². The molecule has 9 aromatic rings. The second kappa shape index (κ2) is 13.8. The molecule has 0 fully saturated rings. The average molecular weight is 708 g/mol. The zero-order valence-corrected chi connectivity index (χ0v) is 32.5. The highest BCUT2D eigenvalue weighted by atomic mass is 15.0. The summed E-state index contributed by atoms with van der Waals surface area (Å²) >= 11 is 0. The maximum atomic E-state index is 2.48. The van der Waals surface area contributed by atoms with Gasteiger partial charge in [0.05, 0.1) is 11.0 Å². The Labute approximate surface area is 325 Å². The summed E-state index contributed by atoms with van der Waals surface area (Å²) in [4.78, 5) is 0. The lowest BCUT2D eigenvalue weighted by atomic mass is 9.86. The fourth-order valence-electron chi connectivity index (χ4n) is 8.75. The van der Waals surface area contributed by atoms with Crippen molar-refractivity contribution in [3.8, 4) is 61.3 Å². The lowest BCUT2D eigenvalue weighted by Crippen LogP contribution is -2.00. The molecule has 0 atom stereocenters. The van der Waals surface area contributed by atoms with Crippen molar-refractivity contribution in [1.29, 1.82) is 0 Å². The van der Waals surface area contributed by atoms with Crippen LogP contribution in [0.2, 0.25) is 0 Å². The summed E-state index contributed by atoms with van der Waals surface area (Å²) in [5.41, 5.74) is 23.9. The van der Waals surface area contributed by atoms with Crippen molar-refractivity contribution in [1.82, 2.24) is 4.57 Å². The molecule has 0 N–H and O–H groups in total. The Morgan fingerprint density at radius 1 is 0.291 bits per heavy atom. The summed E-state index contributed by atoms with van der Waals surface area (Å²) in [5, 5.41) is 2.51. The SMILES string of the molecule is Cc1ccccc1-c1cc(-c2ccc3c(c2)c2ccccc2n3-c2cc(-c3ccccc3C)c(C)c(-c3cccc(-c4ccccc4C)c3C)c2)ccc1C.